The fourth-order valence-corrected chi connectivity index (χ4v) is 4.67. The Morgan fingerprint density at radius 2 is 1.83 bits per heavy atom. The normalized spacial score (nSPS) is 14.5. The lowest BCUT2D eigenvalue weighted by atomic mass is 10.1. The van der Waals surface area contributed by atoms with Crippen LogP contribution in [0.1, 0.15) is 28.8 Å². The number of carbonyl (C=O) groups excluding carboxylic acids is 1. The minimum Gasteiger partial charge on any atom is -0.493 e. The molecule has 2 aromatic carbocycles. The first kappa shape index (κ1) is 21.6. The molecule has 0 amide bonds. The third-order valence-electron chi connectivity index (χ3n) is 4.75. The maximum Gasteiger partial charge on any atom is 0.243 e. The summed E-state index contributed by atoms with van der Waals surface area (Å²) >= 11 is 0. The van der Waals surface area contributed by atoms with E-state index in [0.29, 0.717) is 30.2 Å². The molecule has 30 heavy (non-hydrogen) atoms. The molecular formula is C22H22N2O5S. The molecule has 1 aliphatic rings. The van der Waals surface area contributed by atoms with Crippen molar-refractivity contribution in [2.45, 2.75) is 17.7 Å². The highest BCUT2D eigenvalue weighted by atomic mass is 32.2. The largest absolute Gasteiger partial charge is 0.493 e. The number of methoxy groups -OCH3 is 1. The molecule has 0 atom stereocenters. The monoisotopic (exact) mass is 426 g/mol. The smallest absolute Gasteiger partial charge is 0.243 e. The lowest BCUT2D eigenvalue weighted by molar-refractivity contribution is 0.104. The molecular weight excluding hydrogens is 404 g/mol. The van der Waals surface area contributed by atoms with Gasteiger partial charge < -0.3 is 9.47 Å². The van der Waals surface area contributed by atoms with Crippen LogP contribution >= 0.6 is 0 Å². The van der Waals surface area contributed by atoms with Crippen LogP contribution in [0.15, 0.2) is 53.4 Å². The molecule has 0 spiro atoms. The Hall–Kier alpha value is -3.15. The number of nitriles is 1. The highest BCUT2D eigenvalue weighted by Crippen LogP contribution is 2.28. The second kappa shape index (κ2) is 9.57. The van der Waals surface area contributed by atoms with Gasteiger partial charge in [0.25, 0.3) is 0 Å². The Morgan fingerprint density at radius 3 is 2.47 bits per heavy atom. The molecule has 1 saturated heterocycles. The predicted octanol–water partition coefficient (Wildman–Crippen LogP) is 3.28. The van der Waals surface area contributed by atoms with Crippen LogP contribution in [-0.2, 0) is 10.0 Å². The minimum absolute atomic E-state index is 0.0898. The van der Waals surface area contributed by atoms with Gasteiger partial charge in [-0.2, -0.15) is 9.57 Å². The van der Waals surface area contributed by atoms with E-state index >= 15 is 0 Å². The molecule has 0 unspecified atom stereocenters. The van der Waals surface area contributed by atoms with Crippen LogP contribution in [0, 0.1) is 11.3 Å². The Kier molecular flexibility index (Phi) is 6.87. The summed E-state index contributed by atoms with van der Waals surface area (Å²) in [5.74, 6) is 0.651. The third-order valence-corrected chi connectivity index (χ3v) is 6.66. The number of hydrogen-bond donors (Lipinski definition) is 0. The highest BCUT2D eigenvalue weighted by Gasteiger charge is 2.27. The molecule has 0 radical (unpaired) electrons. The molecule has 1 heterocycles. The number of sulfonamides is 1. The van der Waals surface area contributed by atoms with E-state index in [0.717, 1.165) is 18.4 Å². The van der Waals surface area contributed by atoms with E-state index in [1.54, 1.807) is 24.3 Å². The molecule has 0 bridgehead atoms. The van der Waals surface area contributed by atoms with Gasteiger partial charge in [-0.15, -0.1) is 0 Å². The number of hydrogen-bond acceptors (Lipinski definition) is 6. The van der Waals surface area contributed by atoms with Gasteiger partial charge in [0.2, 0.25) is 10.0 Å². The van der Waals surface area contributed by atoms with Gasteiger partial charge in [-0.1, -0.05) is 12.1 Å². The van der Waals surface area contributed by atoms with Gasteiger partial charge >= 0.3 is 0 Å². The first-order valence-corrected chi connectivity index (χ1v) is 10.9. The number of ketones is 1. The summed E-state index contributed by atoms with van der Waals surface area (Å²) in [6, 6.07) is 13.0. The van der Waals surface area contributed by atoms with E-state index in [2.05, 4.69) is 0 Å². The summed E-state index contributed by atoms with van der Waals surface area (Å²) in [7, 11) is -2.01. The molecule has 1 fully saturated rings. The first-order valence-electron chi connectivity index (χ1n) is 9.46. The molecule has 8 heteroatoms. The molecule has 156 valence electrons. The summed E-state index contributed by atoms with van der Waals surface area (Å²) in [5, 5.41) is 8.62. The lowest BCUT2D eigenvalue weighted by Gasteiger charge is -2.15. The molecule has 7 nitrogen and oxygen atoms in total. The topological polar surface area (TPSA) is 96.7 Å². The fourth-order valence-electron chi connectivity index (χ4n) is 3.15. The molecule has 3 rings (SSSR count). The number of nitrogens with zero attached hydrogens (tertiary/aromatic N) is 2. The van der Waals surface area contributed by atoms with Crippen molar-refractivity contribution in [2.24, 2.45) is 0 Å². The lowest BCUT2D eigenvalue weighted by Crippen LogP contribution is -2.27. The van der Waals surface area contributed by atoms with Crippen molar-refractivity contribution in [3.8, 4) is 17.6 Å². The Labute approximate surface area is 176 Å². The van der Waals surface area contributed by atoms with E-state index in [4.69, 9.17) is 14.7 Å². The zero-order valence-electron chi connectivity index (χ0n) is 16.6. The van der Waals surface area contributed by atoms with Gasteiger partial charge in [0.05, 0.1) is 12.0 Å². The quantitative estimate of drug-likeness (QED) is 0.475. The number of carbonyl (C=O) groups is 1. The number of allylic oxidation sites excluding steroid dienone is 1. The van der Waals surface area contributed by atoms with Crippen molar-refractivity contribution in [1.82, 2.24) is 4.31 Å². The maximum absolute atomic E-state index is 12.6. The van der Waals surface area contributed by atoms with Crippen LogP contribution in [0.25, 0.3) is 6.08 Å². The summed E-state index contributed by atoms with van der Waals surface area (Å²) in [4.78, 5) is 12.7. The number of benzene rings is 2. The summed E-state index contributed by atoms with van der Waals surface area (Å²) in [6.45, 7) is 0.985. The van der Waals surface area contributed by atoms with E-state index in [1.165, 1.54) is 41.8 Å². The van der Waals surface area contributed by atoms with Crippen LogP contribution in [0.5, 0.6) is 11.5 Å². The molecule has 0 saturated carbocycles. The van der Waals surface area contributed by atoms with Gasteiger partial charge in [-0.05, 0) is 60.9 Å². The van der Waals surface area contributed by atoms with Crippen LogP contribution in [0.2, 0.25) is 0 Å². The average Bonchev–Trinajstić information content (AvgIpc) is 3.32. The average molecular weight is 426 g/mol. The summed E-state index contributed by atoms with van der Waals surface area (Å²) < 4.78 is 37.1. The van der Waals surface area contributed by atoms with Gasteiger partial charge in [-0.3, -0.25) is 4.79 Å². The second-order valence-corrected chi connectivity index (χ2v) is 8.63. The Balaban J connectivity index is 1.71. The zero-order chi connectivity index (χ0) is 21.6. The number of rotatable bonds is 8. The zero-order valence-corrected chi connectivity index (χ0v) is 17.4. The fraction of sp³-hybridized carbons (Fsp3) is 0.273. The predicted molar refractivity (Wildman–Crippen MR) is 112 cm³/mol. The Morgan fingerprint density at radius 1 is 1.13 bits per heavy atom. The highest BCUT2D eigenvalue weighted by molar-refractivity contribution is 7.89. The maximum atomic E-state index is 12.6. The van der Waals surface area contributed by atoms with Crippen LogP contribution in [-0.4, -0.2) is 45.3 Å². The SMILES string of the molecule is COc1cc(/C=C/C(=O)c2ccc(S(=O)(=O)N3CCCC3)cc2)ccc1OCC#N. The Bertz CT molecular complexity index is 1080. The van der Waals surface area contributed by atoms with Gasteiger partial charge in [0, 0.05) is 18.7 Å². The van der Waals surface area contributed by atoms with E-state index in [9.17, 15) is 13.2 Å². The van der Waals surface area contributed by atoms with E-state index in [1.807, 2.05) is 6.07 Å². The van der Waals surface area contributed by atoms with Crippen molar-refractivity contribution in [2.75, 3.05) is 26.8 Å². The van der Waals surface area contributed by atoms with Crippen LogP contribution in [0.3, 0.4) is 0 Å². The summed E-state index contributed by atoms with van der Waals surface area (Å²) in [5.41, 5.74) is 1.12. The standard InChI is InChI=1S/C22H22N2O5S/c1-28-22-16-17(5-11-21(22)29-15-12-23)4-10-20(25)18-6-8-19(9-7-18)30(26,27)24-13-2-3-14-24/h4-11,16H,2-3,13-15H2,1H3/b10-4+. The first-order chi connectivity index (χ1) is 14.5. The van der Waals surface area contributed by atoms with Gasteiger partial charge in [0.1, 0.15) is 6.07 Å². The third kappa shape index (κ3) is 4.87. The number of ether oxygens (including phenoxy) is 2. The summed E-state index contributed by atoms with van der Waals surface area (Å²) in [6.07, 6.45) is 4.79. The van der Waals surface area contributed by atoms with E-state index in [-0.39, 0.29) is 17.3 Å². The molecule has 0 aliphatic carbocycles. The van der Waals surface area contributed by atoms with Crippen LogP contribution < -0.4 is 9.47 Å². The van der Waals surface area contributed by atoms with E-state index < -0.39 is 10.0 Å². The second-order valence-electron chi connectivity index (χ2n) is 6.69. The minimum atomic E-state index is -3.50. The molecule has 0 N–H and O–H groups in total. The van der Waals surface area contributed by atoms with Crippen molar-refractivity contribution in [1.29, 1.82) is 5.26 Å². The molecule has 1 aliphatic heterocycles. The van der Waals surface area contributed by atoms with Crippen molar-refractivity contribution in [3.05, 3.63) is 59.7 Å². The van der Waals surface area contributed by atoms with Gasteiger partial charge in [0.15, 0.2) is 23.9 Å². The van der Waals surface area contributed by atoms with Gasteiger partial charge in [-0.25, -0.2) is 8.42 Å². The van der Waals surface area contributed by atoms with Crippen molar-refractivity contribution in [3.63, 3.8) is 0 Å². The van der Waals surface area contributed by atoms with Crippen molar-refractivity contribution >= 4 is 21.9 Å². The molecule has 2 aromatic rings. The van der Waals surface area contributed by atoms with Crippen molar-refractivity contribution < 1.29 is 22.7 Å². The molecule has 0 aromatic heterocycles. The van der Waals surface area contributed by atoms with Crippen LogP contribution in [0.4, 0.5) is 0 Å².